The van der Waals surface area contributed by atoms with Crippen molar-refractivity contribution in [2.24, 2.45) is 0 Å². The van der Waals surface area contributed by atoms with Gasteiger partial charge in [-0.05, 0) is 37.6 Å². The molecular formula is C21H15ClN4O2. The van der Waals surface area contributed by atoms with Crippen molar-refractivity contribution in [2.45, 2.75) is 13.8 Å². The van der Waals surface area contributed by atoms with E-state index in [9.17, 15) is 4.79 Å². The van der Waals surface area contributed by atoms with E-state index in [1.807, 2.05) is 50.2 Å². The van der Waals surface area contributed by atoms with Gasteiger partial charge in [-0.1, -0.05) is 35.0 Å². The van der Waals surface area contributed by atoms with Gasteiger partial charge in [0.25, 0.3) is 0 Å². The van der Waals surface area contributed by atoms with Crippen molar-refractivity contribution in [3.05, 3.63) is 69.6 Å². The Balaban J connectivity index is 1.93. The lowest BCUT2D eigenvalue weighted by molar-refractivity contribution is 0.393. The molecular weight excluding hydrogens is 376 g/mol. The Bertz CT molecular complexity index is 1410. The molecule has 28 heavy (non-hydrogen) atoms. The monoisotopic (exact) mass is 390 g/mol. The molecule has 3 heterocycles. The van der Waals surface area contributed by atoms with Gasteiger partial charge < -0.3 is 14.5 Å². The van der Waals surface area contributed by atoms with Crippen LogP contribution in [0.25, 0.3) is 44.2 Å². The molecule has 0 saturated carbocycles. The summed E-state index contributed by atoms with van der Waals surface area (Å²) in [4.78, 5) is 22.2. The lowest BCUT2D eigenvalue weighted by Crippen LogP contribution is -1.99. The zero-order valence-corrected chi connectivity index (χ0v) is 15.9. The normalized spacial score (nSPS) is 11.5. The Morgan fingerprint density at radius 2 is 1.89 bits per heavy atom. The van der Waals surface area contributed by atoms with Crippen LogP contribution in [0, 0.1) is 13.8 Å². The van der Waals surface area contributed by atoms with E-state index in [1.165, 1.54) is 0 Å². The van der Waals surface area contributed by atoms with Gasteiger partial charge in [0, 0.05) is 28.3 Å². The molecule has 0 amide bonds. The molecule has 5 aromatic rings. The summed E-state index contributed by atoms with van der Waals surface area (Å²) in [6.07, 6.45) is 1.64. The minimum absolute atomic E-state index is 0.276. The van der Waals surface area contributed by atoms with Crippen LogP contribution in [0.1, 0.15) is 11.5 Å². The number of benzene rings is 2. The summed E-state index contributed by atoms with van der Waals surface area (Å²) in [6.45, 7) is 3.76. The largest absolute Gasteiger partial charge is 0.361 e. The van der Waals surface area contributed by atoms with Crippen molar-refractivity contribution in [1.82, 2.24) is 20.1 Å². The van der Waals surface area contributed by atoms with E-state index in [4.69, 9.17) is 16.1 Å². The maximum atomic E-state index is 12.1. The van der Waals surface area contributed by atoms with Gasteiger partial charge in [-0.25, -0.2) is 4.79 Å². The number of rotatable bonds is 2. The molecule has 6 nitrogen and oxygen atoms in total. The Labute approximate surface area is 164 Å². The Kier molecular flexibility index (Phi) is 3.64. The Hall–Kier alpha value is -3.38. The summed E-state index contributed by atoms with van der Waals surface area (Å²) < 4.78 is 5.34. The molecule has 0 aliphatic rings. The minimum atomic E-state index is -0.276. The zero-order valence-electron chi connectivity index (χ0n) is 15.1. The number of nitrogens with one attached hydrogen (secondary N) is 2. The van der Waals surface area contributed by atoms with E-state index >= 15 is 0 Å². The standard InChI is InChI=1S/C21H15ClN4O2/c1-10-18(11(2)28-26-10)12-7-14(20-17(8-12)24-21(27)25-20)19-13-5-3-4-6-16(13)23-9-15(19)22/h3-9H,1-2H3,(H2,24,25,27). The van der Waals surface area contributed by atoms with Gasteiger partial charge in [0.2, 0.25) is 0 Å². The van der Waals surface area contributed by atoms with Gasteiger partial charge in [0.05, 0.1) is 27.3 Å². The van der Waals surface area contributed by atoms with Crippen LogP contribution in [0.5, 0.6) is 0 Å². The summed E-state index contributed by atoms with van der Waals surface area (Å²) in [7, 11) is 0. The summed E-state index contributed by atoms with van der Waals surface area (Å²) in [5.41, 5.74) is 6.15. The van der Waals surface area contributed by atoms with Gasteiger partial charge in [-0.2, -0.15) is 0 Å². The number of hydrogen-bond acceptors (Lipinski definition) is 4. The highest BCUT2D eigenvalue weighted by Gasteiger charge is 2.19. The second kappa shape index (κ2) is 6.07. The van der Waals surface area contributed by atoms with Crippen LogP contribution in [0.2, 0.25) is 5.02 Å². The van der Waals surface area contributed by atoms with Crippen LogP contribution in [-0.2, 0) is 0 Å². The second-order valence-corrected chi connectivity index (χ2v) is 7.13. The van der Waals surface area contributed by atoms with Crippen LogP contribution in [-0.4, -0.2) is 20.1 Å². The number of imidazole rings is 1. The van der Waals surface area contributed by atoms with Crippen molar-refractivity contribution >= 4 is 33.5 Å². The van der Waals surface area contributed by atoms with E-state index in [1.54, 1.807) is 6.20 Å². The number of halogens is 1. The first-order valence-corrected chi connectivity index (χ1v) is 9.13. The molecule has 2 N–H and O–H groups in total. The zero-order chi connectivity index (χ0) is 19.4. The predicted molar refractivity (Wildman–Crippen MR) is 110 cm³/mol. The number of nitrogens with zero attached hydrogens (tertiary/aromatic N) is 2. The van der Waals surface area contributed by atoms with E-state index in [2.05, 4.69) is 20.1 Å². The number of pyridine rings is 1. The van der Waals surface area contributed by atoms with Crippen molar-refractivity contribution in [1.29, 1.82) is 0 Å². The number of aromatic nitrogens is 4. The van der Waals surface area contributed by atoms with E-state index in [0.29, 0.717) is 21.8 Å². The maximum absolute atomic E-state index is 12.1. The Morgan fingerprint density at radius 1 is 1.07 bits per heavy atom. The molecule has 0 fully saturated rings. The van der Waals surface area contributed by atoms with Crippen LogP contribution in [0.3, 0.4) is 0 Å². The van der Waals surface area contributed by atoms with Crippen molar-refractivity contribution in [3.63, 3.8) is 0 Å². The van der Waals surface area contributed by atoms with Crippen molar-refractivity contribution < 1.29 is 4.52 Å². The number of para-hydroxylation sites is 1. The summed E-state index contributed by atoms with van der Waals surface area (Å²) in [5, 5.41) is 5.48. The van der Waals surface area contributed by atoms with Gasteiger partial charge in [0.1, 0.15) is 5.76 Å². The molecule has 0 atom stereocenters. The van der Waals surface area contributed by atoms with Gasteiger partial charge in [0.15, 0.2) is 0 Å². The third-order valence-corrected chi connectivity index (χ3v) is 5.23. The lowest BCUT2D eigenvalue weighted by atomic mass is 9.95. The van der Waals surface area contributed by atoms with Crippen LogP contribution < -0.4 is 5.69 Å². The molecule has 2 aromatic carbocycles. The van der Waals surface area contributed by atoms with E-state index in [-0.39, 0.29) is 5.69 Å². The quantitative estimate of drug-likeness (QED) is 0.444. The molecule has 5 rings (SSSR count). The molecule has 0 saturated heterocycles. The van der Waals surface area contributed by atoms with Gasteiger partial charge in [-0.3, -0.25) is 4.98 Å². The average Bonchev–Trinajstić information content (AvgIpc) is 3.22. The molecule has 7 heteroatoms. The summed E-state index contributed by atoms with van der Waals surface area (Å²) >= 11 is 6.59. The Morgan fingerprint density at radius 3 is 2.68 bits per heavy atom. The molecule has 0 bridgehead atoms. The maximum Gasteiger partial charge on any atom is 0.323 e. The van der Waals surface area contributed by atoms with E-state index in [0.717, 1.165) is 38.9 Å². The smallest absolute Gasteiger partial charge is 0.323 e. The topological polar surface area (TPSA) is 87.6 Å². The molecule has 0 spiro atoms. The average molecular weight is 391 g/mol. The number of H-pyrrole nitrogens is 2. The van der Waals surface area contributed by atoms with Gasteiger partial charge in [-0.15, -0.1) is 0 Å². The fourth-order valence-corrected chi connectivity index (χ4v) is 4.02. The second-order valence-electron chi connectivity index (χ2n) is 6.72. The molecule has 0 aliphatic heterocycles. The summed E-state index contributed by atoms with van der Waals surface area (Å²) in [6, 6.07) is 11.7. The van der Waals surface area contributed by atoms with Crippen LogP contribution in [0.15, 0.2) is 51.9 Å². The van der Waals surface area contributed by atoms with Crippen LogP contribution in [0.4, 0.5) is 0 Å². The SMILES string of the molecule is Cc1noc(C)c1-c1cc(-c2c(Cl)cnc3ccccc23)c2[nH]c(=O)[nH]c2c1. The fraction of sp³-hybridized carbons (Fsp3) is 0.0952. The fourth-order valence-electron chi connectivity index (χ4n) is 3.77. The van der Waals surface area contributed by atoms with Gasteiger partial charge >= 0.3 is 5.69 Å². The molecule has 3 aromatic heterocycles. The first kappa shape index (κ1) is 16.8. The molecule has 0 aliphatic carbocycles. The third kappa shape index (κ3) is 2.46. The van der Waals surface area contributed by atoms with Crippen molar-refractivity contribution in [3.8, 4) is 22.3 Å². The lowest BCUT2D eigenvalue weighted by Gasteiger charge is -2.12. The number of fused-ring (bicyclic) bond motifs is 2. The highest BCUT2D eigenvalue weighted by Crippen LogP contribution is 2.40. The first-order chi connectivity index (χ1) is 13.5. The minimum Gasteiger partial charge on any atom is -0.361 e. The number of hydrogen-bond donors (Lipinski definition) is 2. The predicted octanol–water partition coefficient (Wildman–Crippen LogP) is 5.00. The van der Waals surface area contributed by atoms with Crippen LogP contribution >= 0.6 is 11.6 Å². The molecule has 0 radical (unpaired) electrons. The summed E-state index contributed by atoms with van der Waals surface area (Å²) in [5.74, 6) is 0.714. The van der Waals surface area contributed by atoms with Crippen molar-refractivity contribution in [2.75, 3.05) is 0 Å². The number of aryl methyl sites for hydroxylation is 2. The molecule has 0 unspecified atom stereocenters. The molecule has 138 valence electrons. The first-order valence-electron chi connectivity index (χ1n) is 8.76. The number of aromatic amines is 2. The highest BCUT2D eigenvalue weighted by molar-refractivity contribution is 6.35. The highest BCUT2D eigenvalue weighted by atomic mass is 35.5. The van der Waals surface area contributed by atoms with E-state index < -0.39 is 0 Å². The third-order valence-electron chi connectivity index (χ3n) is 4.95.